The Kier molecular flexibility index (Phi) is 2.34. The Bertz CT molecular complexity index is 819. The molecule has 3 aromatic heterocycles. The summed E-state index contributed by atoms with van der Waals surface area (Å²) in [5, 5.41) is 27.6. The highest BCUT2D eigenvalue weighted by Crippen LogP contribution is 2.26. The van der Waals surface area contributed by atoms with Gasteiger partial charge in [0.1, 0.15) is 0 Å². The van der Waals surface area contributed by atoms with Gasteiger partial charge in [-0.2, -0.15) is 4.52 Å². The first-order chi connectivity index (χ1) is 10.2. The first-order valence-electron chi connectivity index (χ1n) is 6.14. The van der Waals surface area contributed by atoms with Crippen LogP contribution >= 0.6 is 0 Å². The van der Waals surface area contributed by atoms with Crippen LogP contribution < -0.4 is 4.90 Å². The average molecular weight is 287 g/mol. The molecule has 1 N–H and O–H groups in total. The third-order valence-electron chi connectivity index (χ3n) is 3.38. The van der Waals surface area contributed by atoms with Gasteiger partial charge in [-0.25, -0.2) is 9.48 Å². The number of rotatable bonds is 3. The Labute approximate surface area is 116 Å². The number of aromatic nitrogens is 8. The average Bonchev–Trinajstić information content (AvgIpc) is 3.05. The molecule has 4 rings (SSSR count). The van der Waals surface area contributed by atoms with Crippen LogP contribution in [0.3, 0.4) is 0 Å². The molecule has 0 radical (unpaired) electrons. The topological polar surface area (TPSA) is 127 Å². The van der Waals surface area contributed by atoms with E-state index in [2.05, 4.69) is 30.8 Å². The van der Waals surface area contributed by atoms with Crippen LogP contribution in [0.4, 0.5) is 5.82 Å². The van der Waals surface area contributed by atoms with Gasteiger partial charge in [0.25, 0.3) is 0 Å². The molecule has 0 unspecified atom stereocenters. The van der Waals surface area contributed by atoms with Crippen LogP contribution in [-0.2, 0) is 0 Å². The fourth-order valence-corrected chi connectivity index (χ4v) is 2.24. The van der Waals surface area contributed by atoms with Gasteiger partial charge in [0.2, 0.25) is 0 Å². The van der Waals surface area contributed by atoms with Gasteiger partial charge in [-0.15, -0.1) is 10.2 Å². The molecule has 1 aliphatic heterocycles. The highest BCUT2D eigenvalue weighted by molar-refractivity contribution is 5.84. The van der Waals surface area contributed by atoms with Crippen LogP contribution in [0.1, 0.15) is 16.5 Å². The van der Waals surface area contributed by atoms with E-state index in [9.17, 15) is 4.79 Å². The lowest BCUT2D eigenvalue weighted by molar-refractivity contribution is 0.0690. The molecule has 0 aromatic carbocycles. The number of hydrogen-bond donors (Lipinski definition) is 1. The van der Waals surface area contributed by atoms with E-state index in [1.165, 1.54) is 6.20 Å². The van der Waals surface area contributed by atoms with Crippen LogP contribution in [0, 0.1) is 0 Å². The molecule has 0 bridgehead atoms. The summed E-state index contributed by atoms with van der Waals surface area (Å²) in [5.74, 6) is -0.299. The van der Waals surface area contributed by atoms with Crippen molar-refractivity contribution in [1.82, 2.24) is 40.0 Å². The minimum atomic E-state index is -1.08. The van der Waals surface area contributed by atoms with E-state index in [1.807, 2.05) is 4.90 Å². The second-order valence-electron chi connectivity index (χ2n) is 4.66. The Hall–Kier alpha value is -3.11. The minimum Gasteiger partial charge on any atom is -0.476 e. The number of anilines is 1. The molecule has 0 saturated carbocycles. The molecule has 0 atom stereocenters. The first-order valence-corrected chi connectivity index (χ1v) is 6.14. The molecule has 21 heavy (non-hydrogen) atoms. The van der Waals surface area contributed by atoms with Crippen molar-refractivity contribution in [2.24, 2.45) is 0 Å². The number of aromatic carboxylic acids is 1. The lowest BCUT2D eigenvalue weighted by Gasteiger charge is -2.39. The van der Waals surface area contributed by atoms with Crippen LogP contribution in [0.25, 0.3) is 5.65 Å². The molecule has 11 nitrogen and oxygen atoms in total. The molecule has 1 aliphatic rings. The van der Waals surface area contributed by atoms with E-state index in [0.29, 0.717) is 18.7 Å². The molecule has 3 aromatic rings. The van der Waals surface area contributed by atoms with Gasteiger partial charge in [-0.05, 0) is 10.4 Å². The van der Waals surface area contributed by atoms with Crippen molar-refractivity contribution in [1.29, 1.82) is 0 Å². The predicted molar refractivity (Wildman–Crippen MR) is 66.8 cm³/mol. The van der Waals surface area contributed by atoms with Gasteiger partial charge in [-0.1, -0.05) is 5.21 Å². The summed E-state index contributed by atoms with van der Waals surface area (Å²) in [6.45, 7) is 1.31. The van der Waals surface area contributed by atoms with Crippen molar-refractivity contribution < 1.29 is 9.90 Å². The van der Waals surface area contributed by atoms with Gasteiger partial charge >= 0.3 is 5.97 Å². The standard InChI is InChI=1S/C10H9N9O2/c20-10(21)7-5-18(15-12-7)6-3-17(4-6)9-2-11-1-8-13-14-16-19(8)9/h1-2,5-6H,3-4H2,(H,20,21). The molecular formula is C10H9N9O2. The highest BCUT2D eigenvalue weighted by Gasteiger charge is 2.31. The first kappa shape index (κ1) is 11.7. The highest BCUT2D eigenvalue weighted by atomic mass is 16.4. The molecular weight excluding hydrogens is 278 g/mol. The molecule has 4 heterocycles. The molecule has 106 valence electrons. The van der Waals surface area contributed by atoms with Crippen molar-refractivity contribution in [3.05, 3.63) is 24.3 Å². The summed E-state index contributed by atoms with van der Waals surface area (Å²) in [5.41, 5.74) is 0.516. The summed E-state index contributed by atoms with van der Waals surface area (Å²) in [4.78, 5) is 16.9. The van der Waals surface area contributed by atoms with E-state index >= 15 is 0 Å². The maximum Gasteiger partial charge on any atom is 0.358 e. The Morgan fingerprint density at radius 1 is 1.24 bits per heavy atom. The van der Waals surface area contributed by atoms with Crippen molar-refractivity contribution >= 4 is 17.4 Å². The second kappa shape index (κ2) is 4.19. The maximum atomic E-state index is 10.8. The number of carboxylic acids is 1. The lowest BCUT2D eigenvalue weighted by atomic mass is 10.1. The van der Waals surface area contributed by atoms with Gasteiger partial charge in [0, 0.05) is 13.1 Å². The molecule has 1 saturated heterocycles. The van der Waals surface area contributed by atoms with E-state index in [-0.39, 0.29) is 11.7 Å². The van der Waals surface area contributed by atoms with Gasteiger partial charge < -0.3 is 10.0 Å². The largest absolute Gasteiger partial charge is 0.476 e. The van der Waals surface area contributed by atoms with Gasteiger partial charge in [0.05, 0.1) is 24.6 Å². The van der Waals surface area contributed by atoms with E-state index in [1.54, 1.807) is 21.6 Å². The smallest absolute Gasteiger partial charge is 0.358 e. The summed E-state index contributed by atoms with van der Waals surface area (Å²) in [7, 11) is 0. The van der Waals surface area contributed by atoms with Crippen molar-refractivity contribution in [2.75, 3.05) is 18.0 Å². The molecule has 0 aliphatic carbocycles. The summed E-state index contributed by atoms with van der Waals surface area (Å²) < 4.78 is 3.17. The van der Waals surface area contributed by atoms with Crippen LogP contribution in [0.2, 0.25) is 0 Å². The number of carboxylic acid groups (broad SMARTS) is 1. The molecule has 1 fully saturated rings. The van der Waals surface area contributed by atoms with Crippen molar-refractivity contribution in [2.45, 2.75) is 6.04 Å². The summed E-state index contributed by atoms with van der Waals surface area (Å²) in [6, 6.07) is 0.0670. The number of nitrogens with zero attached hydrogens (tertiary/aromatic N) is 9. The van der Waals surface area contributed by atoms with Crippen molar-refractivity contribution in [3.8, 4) is 0 Å². The lowest BCUT2D eigenvalue weighted by Crippen LogP contribution is -2.48. The fraction of sp³-hybridized carbons (Fsp3) is 0.300. The Balaban J connectivity index is 1.54. The van der Waals surface area contributed by atoms with Crippen LogP contribution in [0.5, 0.6) is 0 Å². The maximum absolute atomic E-state index is 10.8. The molecule has 0 spiro atoms. The summed E-state index contributed by atoms with van der Waals surface area (Å²) >= 11 is 0. The number of carbonyl (C=O) groups is 1. The zero-order valence-electron chi connectivity index (χ0n) is 10.6. The minimum absolute atomic E-state index is 0.0577. The summed E-state index contributed by atoms with van der Waals surface area (Å²) in [6.07, 6.45) is 4.70. The Morgan fingerprint density at radius 3 is 2.86 bits per heavy atom. The van der Waals surface area contributed by atoms with Crippen LogP contribution in [-0.4, -0.2) is 64.2 Å². The second-order valence-corrected chi connectivity index (χ2v) is 4.66. The van der Waals surface area contributed by atoms with Gasteiger partial charge in [0.15, 0.2) is 17.2 Å². The monoisotopic (exact) mass is 287 g/mol. The van der Waals surface area contributed by atoms with Crippen LogP contribution in [0.15, 0.2) is 18.6 Å². The molecule has 11 heteroatoms. The third kappa shape index (κ3) is 1.78. The SMILES string of the molecule is O=C(O)c1cn(C2CN(c3cncc4nnnn34)C2)nn1. The van der Waals surface area contributed by atoms with E-state index < -0.39 is 5.97 Å². The number of hydrogen-bond acceptors (Lipinski definition) is 8. The predicted octanol–water partition coefficient (Wildman–Crippen LogP) is -1.13. The van der Waals surface area contributed by atoms with Gasteiger partial charge in [-0.3, -0.25) is 4.98 Å². The molecule has 0 amide bonds. The number of fused-ring (bicyclic) bond motifs is 1. The fourth-order valence-electron chi connectivity index (χ4n) is 2.24. The quantitative estimate of drug-likeness (QED) is 0.636. The number of tetrazole rings is 1. The zero-order chi connectivity index (χ0) is 14.4. The normalized spacial score (nSPS) is 15.3. The zero-order valence-corrected chi connectivity index (χ0v) is 10.6. The van der Waals surface area contributed by atoms with E-state index in [4.69, 9.17) is 5.11 Å². The Morgan fingerprint density at radius 2 is 2.10 bits per heavy atom. The van der Waals surface area contributed by atoms with E-state index in [0.717, 1.165) is 5.82 Å². The van der Waals surface area contributed by atoms with Crippen molar-refractivity contribution in [3.63, 3.8) is 0 Å². The third-order valence-corrected chi connectivity index (χ3v) is 3.38.